The Hall–Kier alpha value is -2.87. The number of hydrogen-bond acceptors (Lipinski definition) is 4. The third kappa shape index (κ3) is 2.93. The molecule has 0 bridgehead atoms. The maximum absolute atomic E-state index is 11.0. The number of anilines is 1. The zero-order chi connectivity index (χ0) is 14.5. The molecule has 0 fully saturated rings. The molecule has 20 heavy (non-hydrogen) atoms. The van der Waals surface area contributed by atoms with Gasteiger partial charge in [0.05, 0.1) is 16.6 Å². The Morgan fingerprint density at radius 2 is 2.05 bits per heavy atom. The Labute approximate surface area is 116 Å². The van der Waals surface area contributed by atoms with E-state index in [0.29, 0.717) is 17.8 Å². The van der Waals surface area contributed by atoms with Crippen molar-refractivity contribution in [1.29, 1.82) is 5.26 Å². The van der Waals surface area contributed by atoms with Crippen LogP contribution >= 0.6 is 0 Å². The standard InChI is InChI=1S/C15H13N3O2/c1-11-6-7-15(18(19)20)14(8-11)17-10-13-5-3-2-4-12(13)9-16/h2-8,17H,10H2,1H3. The van der Waals surface area contributed by atoms with E-state index in [-0.39, 0.29) is 5.69 Å². The minimum absolute atomic E-state index is 0.0324. The lowest BCUT2D eigenvalue weighted by Crippen LogP contribution is -2.04. The predicted molar refractivity (Wildman–Crippen MR) is 76.3 cm³/mol. The van der Waals surface area contributed by atoms with Crippen LogP contribution in [0.15, 0.2) is 42.5 Å². The van der Waals surface area contributed by atoms with Gasteiger partial charge in [-0.25, -0.2) is 0 Å². The number of rotatable bonds is 4. The van der Waals surface area contributed by atoms with Gasteiger partial charge in [0.1, 0.15) is 5.69 Å². The summed E-state index contributed by atoms with van der Waals surface area (Å²) >= 11 is 0. The monoisotopic (exact) mass is 267 g/mol. The van der Waals surface area contributed by atoms with E-state index in [2.05, 4.69) is 11.4 Å². The van der Waals surface area contributed by atoms with Gasteiger partial charge in [0.25, 0.3) is 5.69 Å². The van der Waals surface area contributed by atoms with Crippen LogP contribution in [0.1, 0.15) is 16.7 Å². The minimum Gasteiger partial charge on any atom is -0.375 e. The lowest BCUT2D eigenvalue weighted by atomic mass is 10.1. The van der Waals surface area contributed by atoms with Crippen molar-refractivity contribution in [3.63, 3.8) is 0 Å². The Bertz CT molecular complexity index is 690. The highest BCUT2D eigenvalue weighted by molar-refractivity contribution is 5.63. The SMILES string of the molecule is Cc1ccc([N+](=O)[O-])c(NCc2ccccc2C#N)c1. The topological polar surface area (TPSA) is 79.0 Å². The Morgan fingerprint density at radius 3 is 2.75 bits per heavy atom. The summed E-state index contributed by atoms with van der Waals surface area (Å²) < 4.78 is 0. The molecule has 0 aliphatic heterocycles. The molecular formula is C15H13N3O2. The first-order valence-corrected chi connectivity index (χ1v) is 6.08. The van der Waals surface area contributed by atoms with Gasteiger partial charge in [-0.15, -0.1) is 0 Å². The van der Waals surface area contributed by atoms with Gasteiger partial charge < -0.3 is 5.32 Å². The second-order valence-corrected chi connectivity index (χ2v) is 4.40. The largest absolute Gasteiger partial charge is 0.375 e. The number of nitriles is 1. The molecule has 0 saturated heterocycles. The Kier molecular flexibility index (Phi) is 3.96. The Balaban J connectivity index is 2.25. The second-order valence-electron chi connectivity index (χ2n) is 4.40. The van der Waals surface area contributed by atoms with Gasteiger partial charge in [-0.05, 0) is 30.2 Å². The van der Waals surface area contributed by atoms with Gasteiger partial charge in [0.15, 0.2) is 0 Å². The Morgan fingerprint density at radius 1 is 1.30 bits per heavy atom. The van der Waals surface area contributed by atoms with Crippen molar-refractivity contribution in [3.05, 3.63) is 69.3 Å². The zero-order valence-electron chi connectivity index (χ0n) is 11.0. The van der Waals surface area contributed by atoms with E-state index >= 15 is 0 Å². The summed E-state index contributed by atoms with van der Waals surface area (Å²) in [4.78, 5) is 10.6. The maximum Gasteiger partial charge on any atom is 0.292 e. The van der Waals surface area contributed by atoms with Crippen molar-refractivity contribution >= 4 is 11.4 Å². The number of benzene rings is 2. The van der Waals surface area contributed by atoms with Crippen LogP contribution in [-0.4, -0.2) is 4.92 Å². The van der Waals surface area contributed by atoms with Gasteiger partial charge in [0.2, 0.25) is 0 Å². The first-order valence-electron chi connectivity index (χ1n) is 6.08. The van der Waals surface area contributed by atoms with E-state index in [0.717, 1.165) is 11.1 Å². The summed E-state index contributed by atoms with van der Waals surface area (Å²) in [6, 6.07) is 14.2. The molecule has 0 amide bonds. The zero-order valence-corrected chi connectivity index (χ0v) is 11.0. The molecule has 0 spiro atoms. The molecule has 5 nitrogen and oxygen atoms in total. The van der Waals surface area contributed by atoms with Crippen molar-refractivity contribution < 1.29 is 4.92 Å². The molecule has 0 radical (unpaired) electrons. The summed E-state index contributed by atoms with van der Waals surface area (Å²) in [5.41, 5.74) is 2.81. The molecule has 2 aromatic carbocycles. The average molecular weight is 267 g/mol. The molecule has 2 aromatic rings. The van der Waals surface area contributed by atoms with Crippen molar-refractivity contribution in [2.75, 3.05) is 5.32 Å². The third-order valence-corrected chi connectivity index (χ3v) is 2.96. The summed E-state index contributed by atoms with van der Waals surface area (Å²) in [7, 11) is 0. The normalized spacial score (nSPS) is 9.80. The van der Waals surface area contributed by atoms with Gasteiger partial charge in [-0.1, -0.05) is 24.3 Å². The van der Waals surface area contributed by atoms with Crippen LogP contribution in [0.4, 0.5) is 11.4 Å². The number of hydrogen-bond donors (Lipinski definition) is 1. The van der Waals surface area contributed by atoms with Crippen LogP contribution in [0.5, 0.6) is 0 Å². The van der Waals surface area contributed by atoms with Crippen molar-refractivity contribution in [1.82, 2.24) is 0 Å². The van der Waals surface area contributed by atoms with Gasteiger partial charge in [0, 0.05) is 12.6 Å². The molecule has 2 rings (SSSR count). The summed E-state index contributed by atoms with van der Waals surface area (Å²) in [6.07, 6.45) is 0. The van der Waals surface area contributed by atoms with E-state index in [1.54, 1.807) is 24.3 Å². The molecule has 0 atom stereocenters. The lowest BCUT2D eigenvalue weighted by Gasteiger charge is -2.09. The van der Waals surface area contributed by atoms with E-state index < -0.39 is 4.92 Å². The van der Waals surface area contributed by atoms with E-state index in [9.17, 15) is 10.1 Å². The molecular weight excluding hydrogens is 254 g/mol. The molecule has 0 heterocycles. The third-order valence-electron chi connectivity index (χ3n) is 2.96. The van der Waals surface area contributed by atoms with Crippen molar-refractivity contribution in [2.45, 2.75) is 13.5 Å². The molecule has 1 N–H and O–H groups in total. The van der Waals surface area contributed by atoms with E-state index in [4.69, 9.17) is 5.26 Å². The molecule has 0 unspecified atom stereocenters. The van der Waals surface area contributed by atoms with E-state index in [1.165, 1.54) is 6.07 Å². The second kappa shape index (κ2) is 5.85. The maximum atomic E-state index is 11.0. The molecule has 0 aromatic heterocycles. The number of nitro groups is 1. The van der Waals surface area contributed by atoms with Gasteiger partial charge in [-0.3, -0.25) is 10.1 Å². The van der Waals surface area contributed by atoms with Crippen LogP contribution in [-0.2, 0) is 6.54 Å². The number of aryl methyl sites for hydroxylation is 1. The number of nitrogens with zero attached hydrogens (tertiary/aromatic N) is 2. The molecule has 5 heteroatoms. The minimum atomic E-state index is -0.419. The van der Waals surface area contributed by atoms with Gasteiger partial charge in [-0.2, -0.15) is 5.26 Å². The van der Waals surface area contributed by atoms with Crippen molar-refractivity contribution in [3.8, 4) is 6.07 Å². The van der Waals surface area contributed by atoms with Crippen LogP contribution in [0, 0.1) is 28.4 Å². The van der Waals surface area contributed by atoms with Crippen LogP contribution < -0.4 is 5.32 Å². The molecule has 0 aliphatic rings. The number of nitrogens with one attached hydrogen (secondary N) is 1. The average Bonchev–Trinajstić information content (AvgIpc) is 2.45. The smallest absolute Gasteiger partial charge is 0.292 e. The predicted octanol–water partition coefficient (Wildman–Crippen LogP) is 3.39. The summed E-state index contributed by atoms with van der Waals surface area (Å²) in [5, 5.41) is 23.0. The van der Waals surface area contributed by atoms with Crippen LogP contribution in [0.3, 0.4) is 0 Å². The quantitative estimate of drug-likeness (QED) is 0.680. The lowest BCUT2D eigenvalue weighted by molar-refractivity contribution is -0.384. The fourth-order valence-electron chi connectivity index (χ4n) is 1.92. The molecule has 0 aliphatic carbocycles. The van der Waals surface area contributed by atoms with Crippen LogP contribution in [0.2, 0.25) is 0 Å². The first kappa shape index (κ1) is 13.6. The highest BCUT2D eigenvalue weighted by Gasteiger charge is 2.13. The number of nitro benzene ring substituents is 1. The molecule has 0 saturated carbocycles. The highest BCUT2D eigenvalue weighted by Crippen LogP contribution is 2.26. The first-order chi connectivity index (χ1) is 9.61. The molecule has 100 valence electrons. The fourth-order valence-corrected chi connectivity index (χ4v) is 1.92. The van der Waals surface area contributed by atoms with E-state index in [1.807, 2.05) is 19.1 Å². The summed E-state index contributed by atoms with van der Waals surface area (Å²) in [6.45, 7) is 2.24. The van der Waals surface area contributed by atoms with Crippen molar-refractivity contribution in [2.24, 2.45) is 0 Å². The fraction of sp³-hybridized carbons (Fsp3) is 0.133. The highest BCUT2D eigenvalue weighted by atomic mass is 16.6. The summed E-state index contributed by atoms with van der Waals surface area (Å²) in [5.74, 6) is 0. The van der Waals surface area contributed by atoms with Gasteiger partial charge >= 0.3 is 0 Å². The van der Waals surface area contributed by atoms with Crippen LogP contribution in [0.25, 0.3) is 0 Å².